The molecular formula is C26H22N4O2. The van der Waals surface area contributed by atoms with Crippen molar-refractivity contribution in [2.24, 2.45) is 0 Å². The molecule has 0 radical (unpaired) electrons. The SMILES string of the molecule is Cc1ccc(-c2noc(/C(C#N)=C/c3cc(C)c(OCc4ccccn4)c(C)c3)n2)cc1. The van der Waals surface area contributed by atoms with Gasteiger partial charge in [0.2, 0.25) is 5.82 Å². The van der Waals surface area contributed by atoms with Crippen LogP contribution in [0, 0.1) is 32.1 Å². The number of benzene rings is 2. The monoisotopic (exact) mass is 422 g/mol. The summed E-state index contributed by atoms with van der Waals surface area (Å²) in [6, 6.07) is 19.7. The topological polar surface area (TPSA) is 84.8 Å². The minimum atomic E-state index is 0.189. The molecule has 0 saturated carbocycles. The van der Waals surface area contributed by atoms with Gasteiger partial charge in [-0.3, -0.25) is 4.98 Å². The molecule has 0 amide bonds. The Labute approximate surface area is 186 Å². The summed E-state index contributed by atoms with van der Waals surface area (Å²) in [7, 11) is 0. The van der Waals surface area contributed by atoms with E-state index < -0.39 is 0 Å². The van der Waals surface area contributed by atoms with E-state index in [2.05, 4.69) is 21.2 Å². The van der Waals surface area contributed by atoms with Gasteiger partial charge in [0.05, 0.1) is 5.69 Å². The molecular weight excluding hydrogens is 400 g/mol. The third-order valence-corrected chi connectivity index (χ3v) is 4.97. The van der Waals surface area contributed by atoms with E-state index in [4.69, 9.17) is 9.26 Å². The van der Waals surface area contributed by atoms with Crippen LogP contribution in [0.4, 0.5) is 0 Å². The smallest absolute Gasteiger partial charge is 0.268 e. The lowest BCUT2D eigenvalue weighted by Crippen LogP contribution is -2.01. The number of ether oxygens (including phenoxy) is 1. The fraction of sp³-hybridized carbons (Fsp3) is 0.154. The average molecular weight is 422 g/mol. The van der Waals surface area contributed by atoms with E-state index in [-0.39, 0.29) is 5.89 Å². The number of nitriles is 1. The highest BCUT2D eigenvalue weighted by molar-refractivity contribution is 5.87. The Hall–Kier alpha value is -4.24. The summed E-state index contributed by atoms with van der Waals surface area (Å²) in [6.07, 6.45) is 3.49. The van der Waals surface area contributed by atoms with Crippen LogP contribution in [0.25, 0.3) is 23.0 Å². The molecule has 0 spiro atoms. The second-order valence-corrected chi connectivity index (χ2v) is 7.55. The molecule has 4 aromatic rings. The molecule has 6 nitrogen and oxygen atoms in total. The highest BCUT2D eigenvalue weighted by atomic mass is 16.5. The van der Waals surface area contributed by atoms with Crippen molar-refractivity contribution in [1.82, 2.24) is 15.1 Å². The summed E-state index contributed by atoms with van der Waals surface area (Å²) in [5.41, 5.74) is 5.94. The fourth-order valence-electron chi connectivity index (χ4n) is 3.39. The van der Waals surface area contributed by atoms with Gasteiger partial charge in [0.15, 0.2) is 0 Å². The van der Waals surface area contributed by atoms with Gasteiger partial charge >= 0.3 is 0 Å². The number of hydrogen-bond acceptors (Lipinski definition) is 6. The van der Waals surface area contributed by atoms with Crippen molar-refractivity contribution < 1.29 is 9.26 Å². The number of allylic oxidation sites excluding steroid dienone is 1. The van der Waals surface area contributed by atoms with Crippen LogP contribution in [0.5, 0.6) is 5.75 Å². The van der Waals surface area contributed by atoms with Crippen LogP contribution in [0.1, 0.15) is 33.8 Å². The first-order chi connectivity index (χ1) is 15.5. The largest absolute Gasteiger partial charge is 0.487 e. The van der Waals surface area contributed by atoms with Crippen molar-refractivity contribution in [1.29, 1.82) is 5.26 Å². The average Bonchev–Trinajstić information content (AvgIpc) is 3.28. The minimum absolute atomic E-state index is 0.189. The highest BCUT2D eigenvalue weighted by Gasteiger charge is 2.14. The molecule has 0 aliphatic heterocycles. The molecule has 0 fully saturated rings. The fourth-order valence-corrected chi connectivity index (χ4v) is 3.39. The molecule has 0 saturated heterocycles. The third-order valence-electron chi connectivity index (χ3n) is 4.97. The van der Waals surface area contributed by atoms with Gasteiger partial charge in [-0.2, -0.15) is 10.2 Å². The summed E-state index contributed by atoms with van der Waals surface area (Å²) >= 11 is 0. The molecule has 158 valence electrons. The first-order valence-corrected chi connectivity index (χ1v) is 10.2. The standard InChI is InChI=1S/C26H22N4O2/c1-17-7-9-21(10-8-17)25-29-26(32-30-25)22(15-27)14-20-12-18(2)24(19(3)13-20)31-16-23-6-4-5-11-28-23/h4-14H,16H2,1-3H3/b22-14+. The van der Waals surface area contributed by atoms with Gasteiger partial charge in [-0.05, 0) is 67.8 Å². The van der Waals surface area contributed by atoms with E-state index in [9.17, 15) is 5.26 Å². The van der Waals surface area contributed by atoms with E-state index in [0.717, 1.165) is 39.3 Å². The lowest BCUT2D eigenvalue weighted by atomic mass is 10.0. The summed E-state index contributed by atoms with van der Waals surface area (Å²) in [6.45, 7) is 6.37. The zero-order valence-electron chi connectivity index (χ0n) is 18.2. The number of pyridine rings is 1. The number of aryl methyl sites for hydroxylation is 3. The Morgan fingerprint density at radius 2 is 1.81 bits per heavy atom. The molecule has 0 unspecified atom stereocenters. The molecule has 0 bridgehead atoms. The molecule has 0 aliphatic rings. The summed E-state index contributed by atoms with van der Waals surface area (Å²) in [5.74, 6) is 1.45. The van der Waals surface area contributed by atoms with Crippen molar-refractivity contribution in [3.05, 3.63) is 94.6 Å². The van der Waals surface area contributed by atoms with Gasteiger partial charge in [0.1, 0.15) is 24.0 Å². The van der Waals surface area contributed by atoms with Crippen LogP contribution in [-0.4, -0.2) is 15.1 Å². The van der Waals surface area contributed by atoms with Crippen molar-refractivity contribution in [3.8, 4) is 23.2 Å². The second-order valence-electron chi connectivity index (χ2n) is 7.55. The Balaban J connectivity index is 1.57. The lowest BCUT2D eigenvalue weighted by molar-refractivity contribution is 0.297. The van der Waals surface area contributed by atoms with Crippen molar-refractivity contribution in [2.75, 3.05) is 0 Å². The molecule has 2 heterocycles. The summed E-state index contributed by atoms with van der Waals surface area (Å²) < 4.78 is 11.4. The molecule has 6 heteroatoms. The van der Waals surface area contributed by atoms with Gasteiger partial charge in [0, 0.05) is 11.8 Å². The molecule has 0 aliphatic carbocycles. The Morgan fingerprint density at radius 1 is 1.06 bits per heavy atom. The van der Waals surface area contributed by atoms with Crippen LogP contribution < -0.4 is 4.74 Å². The predicted octanol–water partition coefficient (Wildman–Crippen LogP) is 5.70. The van der Waals surface area contributed by atoms with E-state index >= 15 is 0 Å². The number of rotatable bonds is 6. The molecule has 0 atom stereocenters. The van der Waals surface area contributed by atoms with Crippen molar-refractivity contribution in [2.45, 2.75) is 27.4 Å². The zero-order valence-corrected chi connectivity index (χ0v) is 18.2. The van der Waals surface area contributed by atoms with E-state index in [1.165, 1.54) is 0 Å². The van der Waals surface area contributed by atoms with Gasteiger partial charge in [-0.25, -0.2) is 0 Å². The molecule has 2 aromatic heterocycles. The Bertz CT molecular complexity index is 1280. The Kier molecular flexibility index (Phi) is 6.09. The maximum Gasteiger partial charge on any atom is 0.268 e. The lowest BCUT2D eigenvalue weighted by Gasteiger charge is -2.13. The predicted molar refractivity (Wildman–Crippen MR) is 122 cm³/mol. The zero-order chi connectivity index (χ0) is 22.5. The number of aromatic nitrogens is 3. The number of hydrogen-bond donors (Lipinski definition) is 0. The van der Waals surface area contributed by atoms with Gasteiger partial charge in [-0.1, -0.05) is 41.1 Å². The van der Waals surface area contributed by atoms with Gasteiger partial charge < -0.3 is 9.26 Å². The highest BCUT2D eigenvalue weighted by Crippen LogP contribution is 2.28. The quantitative estimate of drug-likeness (QED) is 0.371. The Morgan fingerprint density at radius 3 is 2.47 bits per heavy atom. The van der Waals surface area contributed by atoms with Gasteiger partial charge in [0.25, 0.3) is 5.89 Å². The summed E-state index contributed by atoms with van der Waals surface area (Å²) in [4.78, 5) is 8.69. The van der Waals surface area contributed by atoms with Crippen molar-refractivity contribution >= 4 is 11.6 Å². The van der Waals surface area contributed by atoms with Crippen LogP contribution in [0.15, 0.2) is 65.3 Å². The molecule has 2 aromatic carbocycles. The first-order valence-electron chi connectivity index (χ1n) is 10.2. The first kappa shape index (κ1) is 21.0. The second kappa shape index (κ2) is 9.27. The summed E-state index contributed by atoms with van der Waals surface area (Å²) in [5, 5.41) is 13.7. The van der Waals surface area contributed by atoms with Gasteiger partial charge in [-0.15, -0.1) is 0 Å². The maximum atomic E-state index is 9.68. The maximum absolute atomic E-state index is 9.68. The number of nitrogens with zero attached hydrogens (tertiary/aromatic N) is 4. The van der Waals surface area contributed by atoms with E-state index in [0.29, 0.717) is 18.0 Å². The molecule has 32 heavy (non-hydrogen) atoms. The van der Waals surface area contributed by atoms with Crippen LogP contribution in [0.2, 0.25) is 0 Å². The normalized spacial score (nSPS) is 11.2. The molecule has 0 N–H and O–H groups in total. The van der Waals surface area contributed by atoms with Crippen LogP contribution in [-0.2, 0) is 6.61 Å². The van der Waals surface area contributed by atoms with E-state index in [1.807, 2.05) is 75.4 Å². The van der Waals surface area contributed by atoms with Crippen molar-refractivity contribution in [3.63, 3.8) is 0 Å². The van der Waals surface area contributed by atoms with Crippen LogP contribution in [0.3, 0.4) is 0 Å². The molecule has 4 rings (SSSR count). The third kappa shape index (κ3) is 4.73. The van der Waals surface area contributed by atoms with Crippen LogP contribution >= 0.6 is 0 Å². The minimum Gasteiger partial charge on any atom is -0.487 e. The van der Waals surface area contributed by atoms with E-state index in [1.54, 1.807) is 12.3 Å².